The first-order valence-corrected chi connectivity index (χ1v) is 11.6. The molecule has 1 aliphatic heterocycles. The molecule has 1 heterocycles. The van der Waals surface area contributed by atoms with Gasteiger partial charge < -0.3 is 28.8 Å². The van der Waals surface area contributed by atoms with Crippen LogP contribution in [0.15, 0.2) is 60.7 Å². The van der Waals surface area contributed by atoms with Crippen LogP contribution >= 0.6 is 0 Å². The van der Waals surface area contributed by atoms with Crippen LogP contribution in [0.4, 0.5) is 0 Å². The minimum absolute atomic E-state index is 0.188. The predicted molar refractivity (Wildman–Crippen MR) is 127 cm³/mol. The van der Waals surface area contributed by atoms with E-state index in [4.69, 9.17) is 23.7 Å². The van der Waals surface area contributed by atoms with Gasteiger partial charge in [-0.25, -0.2) is 0 Å². The lowest BCUT2D eigenvalue weighted by Gasteiger charge is -2.43. The van der Waals surface area contributed by atoms with Gasteiger partial charge in [-0.05, 0) is 31.9 Å². The van der Waals surface area contributed by atoms with Crippen molar-refractivity contribution >= 4 is 11.9 Å². The summed E-state index contributed by atoms with van der Waals surface area (Å²) in [5, 5.41) is 10.9. The maximum absolute atomic E-state index is 12.3. The van der Waals surface area contributed by atoms with E-state index in [0.29, 0.717) is 0 Å². The molecule has 3 rings (SSSR count). The monoisotopic (exact) mass is 486 g/mol. The van der Waals surface area contributed by atoms with Gasteiger partial charge in [-0.2, -0.15) is 0 Å². The maximum atomic E-state index is 12.3. The van der Waals surface area contributed by atoms with Crippen molar-refractivity contribution in [1.82, 2.24) is 0 Å². The van der Waals surface area contributed by atoms with Gasteiger partial charge in [0.25, 0.3) is 0 Å². The van der Waals surface area contributed by atoms with Crippen LogP contribution in [0.25, 0.3) is 0 Å². The fraction of sp³-hybridized carbons (Fsp3) is 0.481. The van der Waals surface area contributed by atoms with Crippen molar-refractivity contribution in [2.24, 2.45) is 5.41 Å². The minimum atomic E-state index is -1.40. The van der Waals surface area contributed by atoms with Gasteiger partial charge in [-0.3, -0.25) is 9.59 Å². The summed E-state index contributed by atoms with van der Waals surface area (Å²) in [5.41, 5.74) is 1.06. The number of aliphatic hydroxyl groups is 1. The van der Waals surface area contributed by atoms with Crippen LogP contribution in [0.5, 0.6) is 0 Å². The smallest absolute Gasteiger partial charge is 0.311 e. The molecule has 1 saturated heterocycles. The number of carbonyl (C=O) groups is 2. The number of aliphatic hydroxyl groups excluding tert-OH is 1. The molecule has 35 heavy (non-hydrogen) atoms. The van der Waals surface area contributed by atoms with Crippen molar-refractivity contribution in [3.63, 3.8) is 0 Å². The Morgan fingerprint density at radius 2 is 1.37 bits per heavy atom. The molecule has 1 N–H and O–H groups in total. The van der Waals surface area contributed by atoms with Gasteiger partial charge in [0.05, 0.1) is 18.6 Å². The lowest BCUT2D eigenvalue weighted by atomic mass is 9.96. The van der Waals surface area contributed by atoms with Gasteiger partial charge >= 0.3 is 11.9 Å². The number of hydrogen-bond donors (Lipinski definition) is 1. The van der Waals surface area contributed by atoms with E-state index in [9.17, 15) is 14.7 Å². The minimum Gasteiger partial charge on any atom is -0.462 e. The highest BCUT2D eigenvalue weighted by Crippen LogP contribution is 2.30. The summed E-state index contributed by atoms with van der Waals surface area (Å²) in [5.74, 6) is -1.00. The number of carbonyl (C=O) groups excluding carboxylic acids is 2. The van der Waals surface area contributed by atoms with Crippen LogP contribution in [0, 0.1) is 5.41 Å². The molecule has 0 saturated carbocycles. The van der Waals surface area contributed by atoms with Crippen LogP contribution in [-0.4, -0.2) is 54.4 Å². The van der Waals surface area contributed by atoms with Crippen LogP contribution in [0.2, 0.25) is 0 Å². The zero-order valence-electron chi connectivity index (χ0n) is 20.6. The highest BCUT2D eigenvalue weighted by Gasteiger charge is 2.49. The van der Waals surface area contributed by atoms with E-state index < -0.39 is 48.1 Å². The summed E-state index contributed by atoms with van der Waals surface area (Å²) in [4.78, 5) is 24.3. The molecule has 1 fully saturated rings. The van der Waals surface area contributed by atoms with Crippen LogP contribution in [0.3, 0.4) is 0 Å². The molecule has 0 bridgehead atoms. The number of rotatable bonds is 9. The fourth-order valence-corrected chi connectivity index (χ4v) is 3.64. The first-order valence-electron chi connectivity index (χ1n) is 11.6. The number of ether oxygens (including phenoxy) is 5. The average molecular weight is 487 g/mol. The van der Waals surface area contributed by atoms with E-state index >= 15 is 0 Å². The second-order valence-corrected chi connectivity index (χ2v) is 9.51. The standard InChI is InChI=1S/C27H34O8/c1-18(28)34-22-21(17-33-26(30)27(2,3)4)35-25(29)24(32-16-20-13-9-6-10-14-20)23(22)31-15-19-11-7-5-8-12-19/h5-14,21-25,29H,15-17H2,1-4H3/t21-,22-,23+,24-,25+/m1/s1. The molecule has 2 aromatic rings. The highest BCUT2D eigenvalue weighted by molar-refractivity contribution is 5.75. The Hall–Kier alpha value is -2.78. The third-order valence-electron chi connectivity index (χ3n) is 5.47. The normalized spacial score (nSPS) is 24.5. The predicted octanol–water partition coefficient (Wildman–Crippen LogP) is 3.40. The SMILES string of the molecule is CC(=O)O[C@H]1[C@H](OCc2ccccc2)[C@@H](OCc2ccccc2)[C@@H](O)O[C@@H]1COC(=O)C(C)(C)C. The van der Waals surface area contributed by atoms with Gasteiger partial charge in [0.1, 0.15) is 24.9 Å². The number of hydrogen-bond acceptors (Lipinski definition) is 8. The average Bonchev–Trinajstić information content (AvgIpc) is 2.82. The Balaban J connectivity index is 1.82. The highest BCUT2D eigenvalue weighted by atomic mass is 16.7. The molecule has 0 aromatic heterocycles. The first-order chi connectivity index (χ1) is 16.6. The topological polar surface area (TPSA) is 101 Å². The van der Waals surface area contributed by atoms with E-state index in [0.717, 1.165) is 11.1 Å². The quantitative estimate of drug-likeness (QED) is 0.539. The van der Waals surface area contributed by atoms with Gasteiger partial charge in [-0.15, -0.1) is 0 Å². The van der Waals surface area contributed by atoms with Crippen molar-refractivity contribution in [3.8, 4) is 0 Å². The Kier molecular flexibility index (Phi) is 9.40. The van der Waals surface area contributed by atoms with E-state index in [1.807, 2.05) is 60.7 Å². The molecule has 0 radical (unpaired) electrons. The van der Waals surface area contributed by atoms with Gasteiger partial charge in [0, 0.05) is 6.92 Å². The third kappa shape index (κ3) is 7.86. The lowest BCUT2D eigenvalue weighted by molar-refractivity contribution is -0.310. The van der Waals surface area contributed by atoms with E-state index in [-0.39, 0.29) is 19.8 Å². The van der Waals surface area contributed by atoms with Gasteiger partial charge in [0.15, 0.2) is 12.4 Å². The van der Waals surface area contributed by atoms with Gasteiger partial charge in [-0.1, -0.05) is 60.7 Å². The Morgan fingerprint density at radius 3 is 1.86 bits per heavy atom. The van der Waals surface area contributed by atoms with E-state index in [2.05, 4.69) is 0 Å². The summed E-state index contributed by atoms with van der Waals surface area (Å²) < 4.78 is 28.9. The zero-order valence-corrected chi connectivity index (χ0v) is 20.6. The zero-order chi connectivity index (χ0) is 25.4. The van der Waals surface area contributed by atoms with Crippen molar-refractivity contribution in [2.45, 2.75) is 71.6 Å². The molecule has 0 spiro atoms. The molecule has 190 valence electrons. The van der Waals surface area contributed by atoms with Crippen LogP contribution in [0.1, 0.15) is 38.8 Å². The molecule has 8 heteroatoms. The molecule has 0 amide bonds. The molecular weight excluding hydrogens is 452 g/mol. The van der Waals surface area contributed by atoms with Crippen molar-refractivity contribution in [3.05, 3.63) is 71.8 Å². The van der Waals surface area contributed by atoms with Crippen molar-refractivity contribution < 1.29 is 38.4 Å². The van der Waals surface area contributed by atoms with Crippen molar-refractivity contribution in [2.75, 3.05) is 6.61 Å². The summed E-state index contributed by atoms with van der Waals surface area (Å²) in [7, 11) is 0. The fourth-order valence-electron chi connectivity index (χ4n) is 3.64. The molecule has 0 aliphatic carbocycles. The van der Waals surface area contributed by atoms with E-state index in [1.54, 1.807) is 20.8 Å². The maximum Gasteiger partial charge on any atom is 0.311 e. The summed E-state index contributed by atoms with van der Waals surface area (Å²) in [6.07, 6.45) is -5.17. The molecular formula is C27H34O8. The molecule has 8 nitrogen and oxygen atoms in total. The van der Waals surface area contributed by atoms with E-state index in [1.165, 1.54) is 6.92 Å². The Bertz CT molecular complexity index is 941. The Labute approximate surface area is 206 Å². The second-order valence-electron chi connectivity index (χ2n) is 9.51. The number of benzene rings is 2. The first kappa shape index (κ1) is 26.8. The Morgan fingerprint density at radius 1 is 0.857 bits per heavy atom. The number of esters is 2. The summed E-state index contributed by atoms with van der Waals surface area (Å²) in [6.45, 7) is 6.63. The summed E-state index contributed by atoms with van der Waals surface area (Å²) in [6, 6.07) is 18.9. The molecule has 1 aliphatic rings. The summed E-state index contributed by atoms with van der Waals surface area (Å²) >= 11 is 0. The molecule has 5 atom stereocenters. The van der Waals surface area contributed by atoms with Crippen LogP contribution < -0.4 is 0 Å². The van der Waals surface area contributed by atoms with Crippen LogP contribution in [-0.2, 0) is 46.5 Å². The lowest BCUT2D eigenvalue weighted by Crippen LogP contribution is -2.61. The third-order valence-corrected chi connectivity index (χ3v) is 5.47. The molecule has 2 aromatic carbocycles. The van der Waals surface area contributed by atoms with Crippen molar-refractivity contribution in [1.29, 1.82) is 0 Å². The molecule has 0 unspecified atom stereocenters. The van der Waals surface area contributed by atoms with Gasteiger partial charge in [0.2, 0.25) is 0 Å². The second kappa shape index (κ2) is 12.3. The largest absolute Gasteiger partial charge is 0.462 e.